The minimum Gasteiger partial charge on any atom is -0.344 e. The Morgan fingerprint density at radius 2 is 1.85 bits per heavy atom. The third kappa shape index (κ3) is 3.21. The number of aryl methyl sites for hydroxylation is 1. The largest absolute Gasteiger partial charge is 0.344 e. The Hall–Kier alpha value is -3.42. The molecule has 134 valence electrons. The van der Waals surface area contributed by atoms with E-state index in [0.717, 1.165) is 11.3 Å². The molecule has 0 saturated carbocycles. The monoisotopic (exact) mass is 353 g/mol. The third-order valence-corrected chi connectivity index (χ3v) is 4.34. The fourth-order valence-corrected chi connectivity index (χ4v) is 2.76. The van der Waals surface area contributed by atoms with E-state index in [2.05, 4.69) is 10.4 Å². The summed E-state index contributed by atoms with van der Waals surface area (Å²) < 4.78 is 3.32. The summed E-state index contributed by atoms with van der Waals surface area (Å²) in [5.74, 6) is -0.567. The SMILES string of the molecule is Cc1c([N+](=O)[O-])c(C(=O)NC(C)c2ccc(-n3cccc3)cc2)nn1C. The van der Waals surface area contributed by atoms with Crippen molar-refractivity contribution in [3.8, 4) is 5.69 Å². The molecule has 3 rings (SSSR count). The van der Waals surface area contributed by atoms with E-state index in [-0.39, 0.29) is 17.4 Å². The molecule has 1 amide bonds. The van der Waals surface area contributed by atoms with Gasteiger partial charge in [-0.25, -0.2) is 0 Å². The van der Waals surface area contributed by atoms with Gasteiger partial charge in [-0.1, -0.05) is 12.1 Å². The van der Waals surface area contributed by atoms with Crippen molar-refractivity contribution in [2.24, 2.45) is 7.05 Å². The molecule has 1 N–H and O–H groups in total. The average molecular weight is 353 g/mol. The predicted octanol–water partition coefficient (Wildman–Crippen LogP) is 2.92. The first-order valence-corrected chi connectivity index (χ1v) is 8.10. The van der Waals surface area contributed by atoms with Crippen molar-refractivity contribution in [2.75, 3.05) is 0 Å². The van der Waals surface area contributed by atoms with Gasteiger partial charge in [0.2, 0.25) is 5.69 Å². The van der Waals surface area contributed by atoms with E-state index < -0.39 is 10.8 Å². The van der Waals surface area contributed by atoms with Crippen LogP contribution >= 0.6 is 0 Å². The highest BCUT2D eigenvalue weighted by Crippen LogP contribution is 2.23. The van der Waals surface area contributed by atoms with E-state index in [1.54, 1.807) is 14.0 Å². The quantitative estimate of drug-likeness (QED) is 0.563. The minimum absolute atomic E-state index is 0.175. The average Bonchev–Trinajstić information content (AvgIpc) is 3.24. The zero-order valence-electron chi connectivity index (χ0n) is 14.7. The number of carbonyl (C=O) groups is 1. The molecule has 2 aromatic heterocycles. The standard InChI is InChI=1S/C18H19N5O3/c1-12(14-6-8-15(9-7-14)22-10-4-5-11-22)19-18(24)16-17(23(25)26)13(2)21(3)20-16/h4-12H,1-3H3,(H,19,24). The predicted molar refractivity (Wildman–Crippen MR) is 96.2 cm³/mol. The van der Waals surface area contributed by atoms with Crippen LogP contribution in [0.2, 0.25) is 0 Å². The molecule has 8 heteroatoms. The molecule has 0 saturated heterocycles. The normalized spacial score (nSPS) is 12.0. The molecular weight excluding hydrogens is 334 g/mol. The van der Waals surface area contributed by atoms with Gasteiger partial charge in [0.25, 0.3) is 5.91 Å². The van der Waals surface area contributed by atoms with E-state index in [0.29, 0.717) is 5.69 Å². The highest BCUT2D eigenvalue weighted by Gasteiger charge is 2.29. The number of aromatic nitrogens is 3. The Labute approximate surface area is 150 Å². The first-order valence-electron chi connectivity index (χ1n) is 8.10. The number of benzene rings is 1. The van der Waals surface area contributed by atoms with Crippen LogP contribution in [0.1, 0.15) is 34.7 Å². The molecule has 0 bridgehead atoms. The van der Waals surface area contributed by atoms with Crippen LogP contribution < -0.4 is 5.32 Å². The van der Waals surface area contributed by atoms with Crippen LogP contribution in [0.5, 0.6) is 0 Å². The second-order valence-corrected chi connectivity index (χ2v) is 6.04. The Morgan fingerprint density at radius 1 is 1.23 bits per heavy atom. The summed E-state index contributed by atoms with van der Waals surface area (Å²) in [6, 6.07) is 11.3. The molecule has 0 spiro atoms. The Morgan fingerprint density at radius 3 is 2.42 bits per heavy atom. The van der Waals surface area contributed by atoms with E-state index >= 15 is 0 Å². The maximum Gasteiger partial charge on any atom is 0.322 e. The molecule has 0 aliphatic carbocycles. The molecule has 0 aliphatic heterocycles. The van der Waals surface area contributed by atoms with E-state index in [9.17, 15) is 14.9 Å². The number of nitrogens with one attached hydrogen (secondary N) is 1. The van der Waals surface area contributed by atoms with Gasteiger partial charge in [-0.3, -0.25) is 19.6 Å². The van der Waals surface area contributed by atoms with Gasteiger partial charge in [0.05, 0.1) is 11.0 Å². The third-order valence-electron chi connectivity index (χ3n) is 4.34. The second-order valence-electron chi connectivity index (χ2n) is 6.04. The molecule has 3 aromatic rings. The topological polar surface area (TPSA) is 95.0 Å². The van der Waals surface area contributed by atoms with Crippen LogP contribution in [-0.2, 0) is 7.05 Å². The zero-order valence-corrected chi connectivity index (χ0v) is 14.7. The molecule has 0 radical (unpaired) electrons. The van der Waals surface area contributed by atoms with Crippen LogP contribution in [-0.4, -0.2) is 25.2 Å². The zero-order chi connectivity index (χ0) is 18.8. The molecule has 0 aliphatic rings. The number of hydrogen-bond acceptors (Lipinski definition) is 4. The van der Waals surface area contributed by atoms with Gasteiger partial charge in [-0.2, -0.15) is 5.10 Å². The van der Waals surface area contributed by atoms with Crippen LogP contribution in [0.15, 0.2) is 48.8 Å². The summed E-state index contributed by atoms with van der Waals surface area (Å²) in [4.78, 5) is 23.1. The number of nitrogens with zero attached hydrogens (tertiary/aromatic N) is 4. The highest BCUT2D eigenvalue weighted by molar-refractivity contribution is 5.96. The number of nitro groups is 1. The maximum absolute atomic E-state index is 12.5. The molecule has 1 unspecified atom stereocenters. The first kappa shape index (κ1) is 17.4. The van der Waals surface area contributed by atoms with Crippen molar-refractivity contribution in [1.29, 1.82) is 0 Å². The van der Waals surface area contributed by atoms with E-state index in [4.69, 9.17) is 0 Å². The number of carbonyl (C=O) groups excluding carboxylic acids is 1. The van der Waals surface area contributed by atoms with Crippen molar-refractivity contribution in [1.82, 2.24) is 19.7 Å². The summed E-state index contributed by atoms with van der Waals surface area (Å²) >= 11 is 0. The van der Waals surface area contributed by atoms with Gasteiger partial charge in [0.15, 0.2) is 0 Å². The lowest BCUT2D eigenvalue weighted by atomic mass is 10.1. The Balaban J connectivity index is 1.78. The lowest BCUT2D eigenvalue weighted by molar-refractivity contribution is -0.385. The number of rotatable bonds is 5. The Kier molecular flexibility index (Phi) is 4.57. The molecular formula is C18H19N5O3. The molecule has 1 atom stereocenters. The van der Waals surface area contributed by atoms with Crippen molar-refractivity contribution in [3.63, 3.8) is 0 Å². The molecule has 26 heavy (non-hydrogen) atoms. The molecule has 2 heterocycles. The van der Waals surface area contributed by atoms with E-state index in [1.807, 2.05) is 60.3 Å². The van der Waals surface area contributed by atoms with Crippen molar-refractivity contribution < 1.29 is 9.72 Å². The highest BCUT2D eigenvalue weighted by atomic mass is 16.6. The molecule has 1 aromatic carbocycles. The summed E-state index contributed by atoms with van der Waals surface area (Å²) in [6.07, 6.45) is 3.89. The number of hydrogen-bond donors (Lipinski definition) is 1. The number of amides is 1. The van der Waals surface area contributed by atoms with Crippen LogP contribution in [0, 0.1) is 17.0 Å². The lowest BCUT2D eigenvalue weighted by Gasteiger charge is -2.14. The molecule has 0 fully saturated rings. The van der Waals surface area contributed by atoms with Gasteiger partial charge in [0.1, 0.15) is 5.69 Å². The van der Waals surface area contributed by atoms with Crippen LogP contribution in [0.25, 0.3) is 5.69 Å². The van der Waals surface area contributed by atoms with Crippen LogP contribution in [0.4, 0.5) is 5.69 Å². The van der Waals surface area contributed by atoms with E-state index in [1.165, 1.54) is 4.68 Å². The first-order chi connectivity index (χ1) is 12.4. The summed E-state index contributed by atoms with van der Waals surface area (Å²) in [6.45, 7) is 3.38. The maximum atomic E-state index is 12.5. The Bertz CT molecular complexity index is 942. The minimum atomic E-state index is -0.576. The van der Waals surface area contributed by atoms with Crippen molar-refractivity contribution in [2.45, 2.75) is 19.9 Å². The second kappa shape index (κ2) is 6.83. The van der Waals surface area contributed by atoms with Gasteiger partial charge < -0.3 is 9.88 Å². The van der Waals surface area contributed by atoms with Crippen molar-refractivity contribution in [3.05, 3.63) is 75.9 Å². The summed E-state index contributed by atoms with van der Waals surface area (Å²) in [5.41, 5.74) is 1.80. The summed E-state index contributed by atoms with van der Waals surface area (Å²) in [7, 11) is 1.57. The van der Waals surface area contributed by atoms with Gasteiger partial charge in [-0.05, 0) is 43.7 Å². The lowest BCUT2D eigenvalue weighted by Crippen LogP contribution is -2.27. The van der Waals surface area contributed by atoms with Gasteiger partial charge in [0, 0.05) is 25.1 Å². The van der Waals surface area contributed by atoms with Gasteiger partial charge in [-0.15, -0.1) is 0 Å². The van der Waals surface area contributed by atoms with Crippen LogP contribution in [0.3, 0.4) is 0 Å². The fraction of sp³-hybridized carbons (Fsp3) is 0.222. The fourth-order valence-electron chi connectivity index (χ4n) is 2.76. The molecule has 8 nitrogen and oxygen atoms in total. The van der Waals surface area contributed by atoms with Gasteiger partial charge >= 0.3 is 5.69 Å². The van der Waals surface area contributed by atoms with Crippen molar-refractivity contribution >= 4 is 11.6 Å². The smallest absolute Gasteiger partial charge is 0.322 e. The summed E-state index contributed by atoms with van der Waals surface area (Å²) in [5, 5.41) is 18.0.